The van der Waals surface area contributed by atoms with Crippen LogP contribution in [0.15, 0.2) is 0 Å². The Morgan fingerprint density at radius 1 is 1.00 bits per heavy atom. The molecule has 1 saturated carbocycles. The van der Waals surface area contributed by atoms with Crippen LogP contribution in [0.1, 0.15) is 32.6 Å². The van der Waals surface area contributed by atoms with Crippen LogP contribution in [0.5, 0.6) is 0 Å². The van der Waals surface area contributed by atoms with Gasteiger partial charge >= 0.3 is 11.9 Å². The van der Waals surface area contributed by atoms with E-state index in [-0.39, 0.29) is 5.92 Å². The summed E-state index contributed by atoms with van der Waals surface area (Å²) in [6.45, 7) is 2.10. The van der Waals surface area contributed by atoms with Crippen LogP contribution in [0.3, 0.4) is 0 Å². The number of carbonyl (C=O) groups excluding carboxylic acids is 1. The largest absolute Gasteiger partial charge is 0.479 e. The second-order valence-electron chi connectivity index (χ2n) is 6.13. The molecule has 22 heavy (non-hydrogen) atoms. The monoisotopic (exact) mass is 318 g/mol. The summed E-state index contributed by atoms with van der Waals surface area (Å²) in [7, 11) is 0. The summed E-state index contributed by atoms with van der Waals surface area (Å²) in [5, 5.41) is 37.9. The van der Waals surface area contributed by atoms with Crippen molar-refractivity contribution in [2.75, 3.05) is 0 Å². The van der Waals surface area contributed by atoms with Gasteiger partial charge in [0.1, 0.15) is 18.3 Å². The Bertz CT molecular complexity index is 417. The molecule has 0 aromatic heterocycles. The second kappa shape index (κ2) is 6.91. The molecule has 2 fully saturated rings. The van der Waals surface area contributed by atoms with Gasteiger partial charge in [0.05, 0.1) is 5.92 Å². The van der Waals surface area contributed by atoms with Crippen molar-refractivity contribution in [2.45, 2.75) is 63.3 Å². The molecule has 0 spiro atoms. The van der Waals surface area contributed by atoms with E-state index in [2.05, 4.69) is 6.92 Å². The highest BCUT2D eigenvalue weighted by Crippen LogP contribution is 2.30. The SMILES string of the molecule is CC1CCC(C(=O)OC2O[C@H](C(=O)O)[C@@H](O)[C@H](O)[C@H]2O)CC1. The standard InChI is InChI=1S/C14H22O8/c1-6-2-4-7(5-3-6)13(20)22-14-10(17)8(15)9(16)11(21-14)12(18)19/h6-11,14-17H,2-5H2,1H3,(H,18,19)/t6?,7?,8-,9-,10+,11-,14?/m0/s1. The third-order valence-corrected chi connectivity index (χ3v) is 4.39. The highest BCUT2D eigenvalue weighted by atomic mass is 16.7. The minimum atomic E-state index is -1.79. The molecule has 0 bridgehead atoms. The first kappa shape index (κ1) is 17.1. The fourth-order valence-corrected chi connectivity index (χ4v) is 2.86. The topological polar surface area (TPSA) is 134 Å². The second-order valence-corrected chi connectivity index (χ2v) is 6.13. The quantitative estimate of drug-likeness (QED) is 0.499. The van der Waals surface area contributed by atoms with Gasteiger partial charge < -0.3 is 29.9 Å². The van der Waals surface area contributed by atoms with Crippen molar-refractivity contribution in [1.29, 1.82) is 0 Å². The highest BCUT2D eigenvalue weighted by molar-refractivity contribution is 5.74. The number of carbonyl (C=O) groups is 2. The van der Waals surface area contributed by atoms with E-state index in [1.807, 2.05) is 0 Å². The van der Waals surface area contributed by atoms with Gasteiger partial charge in [-0.2, -0.15) is 0 Å². The van der Waals surface area contributed by atoms with Crippen LogP contribution in [-0.2, 0) is 19.1 Å². The van der Waals surface area contributed by atoms with Crippen LogP contribution in [0, 0.1) is 11.8 Å². The van der Waals surface area contributed by atoms with Crippen LogP contribution < -0.4 is 0 Å². The first-order valence-electron chi connectivity index (χ1n) is 7.44. The molecule has 2 aliphatic rings. The van der Waals surface area contributed by atoms with E-state index >= 15 is 0 Å². The number of aliphatic hydroxyl groups excluding tert-OH is 3. The van der Waals surface area contributed by atoms with Crippen molar-refractivity contribution in [3.8, 4) is 0 Å². The number of carboxylic acid groups (broad SMARTS) is 1. The molecule has 0 radical (unpaired) electrons. The van der Waals surface area contributed by atoms with Crippen molar-refractivity contribution in [3.63, 3.8) is 0 Å². The predicted octanol–water partition coefficient (Wildman–Crippen LogP) is -0.752. The number of ether oxygens (including phenoxy) is 2. The van der Waals surface area contributed by atoms with Gasteiger partial charge in [0.2, 0.25) is 6.29 Å². The first-order chi connectivity index (χ1) is 10.3. The Balaban J connectivity index is 1.98. The molecule has 8 heteroatoms. The van der Waals surface area contributed by atoms with Gasteiger partial charge in [0.15, 0.2) is 6.10 Å². The minimum absolute atomic E-state index is 0.320. The molecule has 8 nitrogen and oxygen atoms in total. The number of rotatable bonds is 3. The molecule has 0 aromatic rings. The Kier molecular flexibility index (Phi) is 5.38. The maximum Gasteiger partial charge on any atom is 0.335 e. The lowest BCUT2D eigenvalue weighted by Gasteiger charge is -2.38. The number of carboxylic acids is 1. The van der Waals surface area contributed by atoms with Crippen molar-refractivity contribution < 1.29 is 39.5 Å². The maximum absolute atomic E-state index is 12.1. The third kappa shape index (κ3) is 3.57. The molecule has 1 saturated heterocycles. The number of hydrogen-bond donors (Lipinski definition) is 4. The van der Waals surface area contributed by atoms with E-state index in [1.165, 1.54) is 0 Å². The van der Waals surface area contributed by atoms with Gasteiger partial charge in [0.25, 0.3) is 0 Å². The Hall–Kier alpha value is -1.22. The molecule has 4 N–H and O–H groups in total. The smallest absolute Gasteiger partial charge is 0.335 e. The molecule has 0 amide bonds. The molecule has 1 heterocycles. The van der Waals surface area contributed by atoms with E-state index < -0.39 is 42.6 Å². The van der Waals surface area contributed by atoms with Gasteiger partial charge in [-0.05, 0) is 31.6 Å². The molecule has 1 aliphatic heterocycles. The van der Waals surface area contributed by atoms with Crippen LogP contribution in [-0.4, -0.2) is 63.1 Å². The zero-order valence-electron chi connectivity index (χ0n) is 12.3. The van der Waals surface area contributed by atoms with Crippen molar-refractivity contribution in [3.05, 3.63) is 0 Å². The zero-order chi connectivity index (χ0) is 16.4. The third-order valence-electron chi connectivity index (χ3n) is 4.39. The van der Waals surface area contributed by atoms with Crippen LogP contribution in [0.4, 0.5) is 0 Å². The Morgan fingerprint density at radius 3 is 2.14 bits per heavy atom. The fraction of sp³-hybridized carbons (Fsp3) is 0.857. The van der Waals surface area contributed by atoms with Crippen molar-refractivity contribution in [2.24, 2.45) is 11.8 Å². The van der Waals surface area contributed by atoms with Gasteiger partial charge in [-0.3, -0.25) is 4.79 Å². The van der Waals surface area contributed by atoms with E-state index in [0.29, 0.717) is 18.8 Å². The summed E-state index contributed by atoms with van der Waals surface area (Å²) < 4.78 is 9.95. The lowest BCUT2D eigenvalue weighted by atomic mass is 9.83. The number of esters is 1. The van der Waals surface area contributed by atoms with Crippen molar-refractivity contribution in [1.82, 2.24) is 0 Å². The van der Waals surface area contributed by atoms with E-state index in [1.54, 1.807) is 0 Å². The molecular weight excluding hydrogens is 296 g/mol. The summed E-state index contributed by atoms with van der Waals surface area (Å²) in [6, 6.07) is 0. The summed E-state index contributed by atoms with van der Waals surface area (Å²) in [5.41, 5.74) is 0. The summed E-state index contributed by atoms with van der Waals surface area (Å²) in [6.07, 6.45) is -5.50. The van der Waals surface area contributed by atoms with Crippen LogP contribution >= 0.6 is 0 Å². The van der Waals surface area contributed by atoms with Gasteiger partial charge in [-0.1, -0.05) is 6.92 Å². The van der Waals surface area contributed by atoms with Gasteiger partial charge in [0, 0.05) is 0 Å². The lowest BCUT2D eigenvalue weighted by molar-refractivity contribution is -0.287. The van der Waals surface area contributed by atoms with E-state index in [0.717, 1.165) is 12.8 Å². The summed E-state index contributed by atoms with van der Waals surface area (Å²) >= 11 is 0. The number of hydrogen-bond acceptors (Lipinski definition) is 7. The minimum Gasteiger partial charge on any atom is -0.479 e. The van der Waals surface area contributed by atoms with Crippen LogP contribution in [0.25, 0.3) is 0 Å². The number of aliphatic carboxylic acids is 1. The first-order valence-corrected chi connectivity index (χ1v) is 7.44. The molecule has 2 rings (SSSR count). The van der Waals surface area contributed by atoms with E-state index in [4.69, 9.17) is 14.6 Å². The molecular formula is C14H22O8. The molecule has 1 unspecified atom stereocenters. The Morgan fingerprint density at radius 2 is 1.59 bits per heavy atom. The predicted molar refractivity (Wildman–Crippen MR) is 71.5 cm³/mol. The average molecular weight is 318 g/mol. The Labute approximate surface area is 127 Å². The van der Waals surface area contributed by atoms with Crippen LogP contribution in [0.2, 0.25) is 0 Å². The summed E-state index contributed by atoms with van der Waals surface area (Å²) in [5.74, 6) is -1.86. The van der Waals surface area contributed by atoms with Gasteiger partial charge in [-0.25, -0.2) is 4.79 Å². The van der Waals surface area contributed by atoms with Gasteiger partial charge in [-0.15, -0.1) is 0 Å². The normalized spacial score (nSPS) is 42.6. The molecule has 126 valence electrons. The average Bonchev–Trinajstić information content (AvgIpc) is 2.48. The molecule has 5 atom stereocenters. The fourth-order valence-electron chi connectivity index (χ4n) is 2.86. The zero-order valence-corrected chi connectivity index (χ0v) is 12.3. The highest BCUT2D eigenvalue weighted by Gasteiger charge is 2.49. The number of aliphatic hydroxyl groups is 3. The maximum atomic E-state index is 12.1. The molecule has 0 aromatic carbocycles. The van der Waals surface area contributed by atoms with E-state index in [9.17, 15) is 24.9 Å². The lowest BCUT2D eigenvalue weighted by Crippen LogP contribution is -2.60. The summed E-state index contributed by atoms with van der Waals surface area (Å²) in [4.78, 5) is 23.0. The van der Waals surface area contributed by atoms with Crippen molar-refractivity contribution >= 4 is 11.9 Å². The molecule has 1 aliphatic carbocycles.